The summed E-state index contributed by atoms with van der Waals surface area (Å²) in [6.45, 7) is 2.70. The summed E-state index contributed by atoms with van der Waals surface area (Å²) >= 11 is 1.54. The Bertz CT molecular complexity index is 319. The van der Waals surface area contributed by atoms with E-state index in [1.54, 1.807) is 6.20 Å². The summed E-state index contributed by atoms with van der Waals surface area (Å²) in [4.78, 5) is 15.6. The Hall–Kier alpha value is -1.07. The Balaban J connectivity index is 2.47. The van der Waals surface area contributed by atoms with E-state index in [1.807, 2.05) is 25.1 Å². The molecule has 0 radical (unpaired) electrons. The van der Waals surface area contributed by atoms with Gasteiger partial charge in [-0.2, -0.15) is 0 Å². The number of esters is 1. The van der Waals surface area contributed by atoms with Gasteiger partial charge in [-0.3, -0.25) is 4.79 Å². The quantitative estimate of drug-likeness (QED) is 0.600. The summed E-state index contributed by atoms with van der Waals surface area (Å²) in [5.41, 5.74) is 0. The zero-order chi connectivity index (χ0) is 11.8. The van der Waals surface area contributed by atoms with Gasteiger partial charge in [-0.25, -0.2) is 4.98 Å². The first-order chi connectivity index (χ1) is 7.77. The average Bonchev–Trinajstić information content (AvgIpc) is 2.34. The maximum absolute atomic E-state index is 11.4. The van der Waals surface area contributed by atoms with Crippen molar-refractivity contribution in [3.05, 3.63) is 24.4 Å². The van der Waals surface area contributed by atoms with Crippen molar-refractivity contribution in [2.24, 2.45) is 0 Å². The van der Waals surface area contributed by atoms with Crippen molar-refractivity contribution in [2.75, 3.05) is 19.4 Å². The second-order valence-electron chi connectivity index (χ2n) is 3.11. The predicted molar refractivity (Wildman–Crippen MR) is 64.4 cm³/mol. The predicted octanol–water partition coefficient (Wildman–Crippen LogP) is 1.32. The number of hydrogen-bond donors (Lipinski definition) is 1. The first-order valence-electron chi connectivity index (χ1n) is 5.13. The Kier molecular flexibility index (Phi) is 5.88. The van der Waals surface area contributed by atoms with Crippen molar-refractivity contribution in [1.29, 1.82) is 0 Å². The smallest absolute Gasteiger partial charge is 0.323 e. The van der Waals surface area contributed by atoms with Gasteiger partial charge in [-0.05, 0) is 18.7 Å². The van der Waals surface area contributed by atoms with E-state index in [0.717, 1.165) is 11.6 Å². The highest BCUT2D eigenvalue weighted by Crippen LogP contribution is 2.15. The maximum Gasteiger partial charge on any atom is 0.323 e. The van der Waals surface area contributed by atoms with Crippen molar-refractivity contribution in [2.45, 2.75) is 18.0 Å². The molecule has 0 fully saturated rings. The maximum atomic E-state index is 11.4. The minimum absolute atomic E-state index is 0.231. The third-order valence-electron chi connectivity index (χ3n) is 1.97. The lowest BCUT2D eigenvalue weighted by atomic mass is 10.3. The lowest BCUT2D eigenvalue weighted by Crippen LogP contribution is -2.39. The molecule has 4 nitrogen and oxygen atoms in total. The normalized spacial score (nSPS) is 12.1. The van der Waals surface area contributed by atoms with Gasteiger partial charge < -0.3 is 10.1 Å². The molecule has 16 heavy (non-hydrogen) atoms. The van der Waals surface area contributed by atoms with Gasteiger partial charge >= 0.3 is 5.97 Å². The van der Waals surface area contributed by atoms with E-state index >= 15 is 0 Å². The minimum atomic E-state index is -0.276. The van der Waals surface area contributed by atoms with Crippen LogP contribution >= 0.6 is 11.8 Å². The fourth-order valence-electron chi connectivity index (χ4n) is 1.20. The summed E-state index contributed by atoms with van der Waals surface area (Å²) in [6, 6.07) is 5.44. The van der Waals surface area contributed by atoms with Crippen LogP contribution in [0.4, 0.5) is 0 Å². The number of nitrogens with one attached hydrogen (secondary N) is 1. The molecule has 1 aromatic heterocycles. The van der Waals surface area contributed by atoms with Gasteiger partial charge in [0.05, 0.1) is 12.1 Å². The molecule has 1 aromatic rings. The van der Waals surface area contributed by atoms with E-state index in [-0.39, 0.29) is 12.0 Å². The molecule has 1 rings (SSSR count). The first-order valence-corrected chi connectivity index (χ1v) is 6.11. The van der Waals surface area contributed by atoms with Crippen LogP contribution < -0.4 is 5.32 Å². The van der Waals surface area contributed by atoms with Gasteiger partial charge in [0.25, 0.3) is 0 Å². The molecule has 1 atom stereocenters. The Labute approximate surface area is 99.8 Å². The molecule has 0 aromatic carbocycles. The number of likely N-dealkylation sites (N-methyl/N-ethyl adjacent to an activating group) is 1. The molecular weight excluding hydrogens is 224 g/mol. The van der Waals surface area contributed by atoms with Crippen LogP contribution in [0.1, 0.15) is 6.92 Å². The molecule has 0 amide bonds. The number of thioether (sulfide) groups is 1. The number of carbonyl (C=O) groups excluding carboxylic acids is 1. The van der Waals surface area contributed by atoms with Crippen molar-refractivity contribution in [3.63, 3.8) is 0 Å². The molecule has 1 N–H and O–H groups in total. The van der Waals surface area contributed by atoms with Crippen LogP contribution in [0.3, 0.4) is 0 Å². The van der Waals surface area contributed by atoms with Gasteiger partial charge in [0, 0.05) is 11.9 Å². The number of pyridine rings is 1. The fourth-order valence-corrected chi connectivity index (χ4v) is 2.10. The van der Waals surface area contributed by atoms with E-state index in [2.05, 4.69) is 10.3 Å². The van der Waals surface area contributed by atoms with Crippen LogP contribution in [0.5, 0.6) is 0 Å². The monoisotopic (exact) mass is 240 g/mol. The Morgan fingerprint density at radius 2 is 2.44 bits per heavy atom. The topological polar surface area (TPSA) is 51.2 Å². The second-order valence-corrected chi connectivity index (χ2v) is 4.15. The lowest BCUT2D eigenvalue weighted by molar-refractivity contribution is -0.142. The van der Waals surface area contributed by atoms with E-state index in [4.69, 9.17) is 4.74 Å². The Morgan fingerprint density at radius 3 is 3.00 bits per heavy atom. The average molecular weight is 240 g/mol. The molecular formula is C11H16N2O2S. The van der Waals surface area contributed by atoms with Gasteiger partial charge in [0.2, 0.25) is 0 Å². The highest BCUT2D eigenvalue weighted by Gasteiger charge is 2.17. The number of aromatic nitrogens is 1. The van der Waals surface area contributed by atoms with Crippen LogP contribution in [0.25, 0.3) is 0 Å². The third-order valence-corrected chi connectivity index (χ3v) is 3.01. The zero-order valence-electron chi connectivity index (χ0n) is 9.47. The molecule has 1 heterocycles. The van der Waals surface area contributed by atoms with E-state index in [9.17, 15) is 4.79 Å². The number of nitrogens with zero attached hydrogens (tertiary/aromatic N) is 1. The van der Waals surface area contributed by atoms with Crippen molar-refractivity contribution < 1.29 is 9.53 Å². The minimum Gasteiger partial charge on any atom is -0.468 e. The fraction of sp³-hybridized carbons (Fsp3) is 0.455. The number of methoxy groups -OCH3 is 1. The van der Waals surface area contributed by atoms with Crippen LogP contribution in [0, 0.1) is 0 Å². The summed E-state index contributed by atoms with van der Waals surface area (Å²) in [7, 11) is 1.40. The van der Waals surface area contributed by atoms with Crippen molar-refractivity contribution in [3.8, 4) is 0 Å². The summed E-state index contributed by atoms with van der Waals surface area (Å²) < 4.78 is 4.72. The van der Waals surface area contributed by atoms with Crippen LogP contribution in [-0.4, -0.2) is 36.4 Å². The van der Waals surface area contributed by atoms with E-state index in [0.29, 0.717) is 5.75 Å². The largest absolute Gasteiger partial charge is 0.468 e. The lowest BCUT2D eigenvalue weighted by Gasteiger charge is -2.14. The zero-order valence-corrected chi connectivity index (χ0v) is 10.3. The number of carbonyl (C=O) groups is 1. The standard InChI is InChI=1S/C11H16N2O2S/c1-3-12-9(11(14)15-2)8-16-10-6-4-5-7-13-10/h4-7,9,12H,3,8H2,1-2H3. The highest BCUT2D eigenvalue weighted by molar-refractivity contribution is 7.99. The number of hydrogen-bond acceptors (Lipinski definition) is 5. The summed E-state index contributed by atoms with van der Waals surface area (Å²) in [5.74, 6) is 0.391. The molecule has 0 aliphatic carbocycles. The van der Waals surface area contributed by atoms with Crippen molar-refractivity contribution >= 4 is 17.7 Å². The van der Waals surface area contributed by atoms with Gasteiger partial charge in [0.15, 0.2) is 0 Å². The highest BCUT2D eigenvalue weighted by atomic mass is 32.2. The van der Waals surface area contributed by atoms with E-state index < -0.39 is 0 Å². The molecule has 88 valence electrons. The number of rotatable bonds is 6. The van der Waals surface area contributed by atoms with Crippen LogP contribution in [0.15, 0.2) is 29.4 Å². The van der Waals surface area contributed by atoms with Crippen molar-refractivity contribution in [1.82, 2.24) is 10.3 Å². The molecule has 0 aliphatic rings. The SMILES string of the molecule is CCNC(CSc1ccccn1)C(=O)OC. The first kappa shape index (κ1) is 13.0. The second kappa shape index (κ2) is 7.24. The van der Waals surface area contributed by atoms with Gasteiger partial charge in [-0.15, -0.1) is 11.8 Å². The third kappa shape index (κ3) is 4.20. The van der Waals surface area contributed by atoms with E-state index in [1.165, 1.54) is 18.9 Å². The summed E-state index contributed by atoms with van der Waals surface area (Å²) in [5, 5.41) is 3.99. The molecule has 0 saturated carbocycles. The summed E-state index contributed by atoms with van der Waals surface area (Å²) in [6.07, 6.45) is 1.74. The molecule has 0 bridgehead atoms. The van der Waals surface area contributed by atoms with Gasteiger partial charge in [0.1, 0.15) is 6.04 Å². The molecule has 0 spiro atoms. The number of ether oxygens (including phenoxy) is 1. The molecule has 1 unspecified atom stereocenters. The Morgan fingerprint density at radius 1 is 1.62 bits per heavy atom. The van der Waals surface area contributed by atoms with Gasteiger partial charge in [-0.1, -0.05) is 13.0 Å². The van der Waals surface area contributed by atoms with Crippen LogP contribution in [0.2, 0.25) is 0 Å². The molecule has 0 aliphatic heterocycles. The molecule has 0 saturated heterocycles. The van der Waals surface area contributed by atoms with Crippen LogP contribution in [-0.2, 0) is 9.53 Å². The molecule has 5 heteroatoms.